The van der Waals surface area contributed by atoms with Crippen LogP contribution in [0.25, 0.3) is 10.9 Å². The number of anilines is 1. The molecule has 4 N–H and O–H groups in total. The van der Waals surface area contributed by atoms with Gasteiger partial charge in [0.15, 0.2) is 0 Å². The number of nitrogens with zero attached hydrogens (tertiary/aromatic N) is 1. The minimum Gasteiger partial charge on any atom is -0.444 e. The number of alkyl carbamates (subject to hydrolysis) is 1. The summed E-state index contributed by atoms with van der Waals surface area (Å²) in [5.74, 6) is -1.42. The average molecular weight is 422 g/mol. The summed E-state index contributed by atoms with van der Waals surface area (Å²) in [7, 11) is 0. The molecule has 30 heavy (non-hydrogen) atoms. The van der Waals surface area contributed by atoms with E-state index >= 15 is 4.39 Å². The Kier molecular flexibility index (Phi) is 5.66. The number of hydrogen-bond acceptors (Lipinski definition) is 4. The number of H-pyrrole nitrogens is 1. The maximum Gasteiger partial charge on any atom is 0.407 e. The van der Waals surface area contributed by atoms with Gasteiger partial charge in [0.05, 0.1) is 22.8 Å². The zero-order chi connectivity index (χ0) is 22.4. The molecule has 0 aliphatic carbocycles. The van der Waals surface area contributed by atoms with Gasteiger partial charge in [0.2, 0.25) is 0 Å². The van der Waals surface area contributed by atoms with E-state index < -0.39 is 35.6 Å². The highest BCUT2D eigenvalue weighted by Gasteiger charge is 2.33. The number of nitrogens with two attached hydrogens (primary N) is 1. The fourth-order valence-electron chi connectivity index (χ4n) is 3.91. The van der Waals surface area contributed by atoms with E-state index in [1.165, 1.54) is 0 Å². The highest BCUT2D eigenvalue weighted by atomic mass is 19.1. The SMILES string of the molecule is Cc1[nH]c2c(C(N)=O)cc(F)c(N3CC(NC(=O)OC(C)(C)C)C[C@H](F)C3)c2c1C. The van der Waals surface area contributed by atoms with Crippen LogP contribution in [0.1, 0.15) is 48.8 Å². The van der Waals surface area contributed by atoms with E-state index in [1.807, 2.05) is 6.92 Å². The second-order valence-corrected chi connectivity index (χ2v) is 8.82. The van der Waals surface area contributed by atoms with Crippen LogP contribution in [-0.4, -0.2) is 47.9 Å². The van der Waals surface area contributed by atoms with Gasteiger partial charge in [-0.1, -0.05) is 0 Å². The van der Waals surface area contributed by atoms with Gasteiger partial charge in [-0.05, 0) is 46.2 Å². The van der Waals surface area contributed by atoms with Gasteiger partial charge in [0, 0.05) is 30.6 Å². The minimum absolute atomic E-state index is 0.0297. The number of halogens is 2. The van der Waals surface area contributed by atoms with Crippen LogP contribution in [0.5, 0.6) is 0 Å². The number of aromatic amines is 1. The van der Waals surface area contributed by atoms with E-state index in [9.17, 15) is 14.0 Å². The third-order valence-corrected chi connectivity index (χ3v) is 5.21. The van der Waals surface area contributed by atoms with E-state index in [-0.39, 0.29) is 30.8 Å². The van der Waals surface area contributed by atoms with Crippen LogP contribution >= 0.6 is 0 Å². The van der Waals surface area contributed by atoms with Gasteiger partial charge in [-0.25, -0.2) is 13.6 Å². The quantitative estimate of drug-likeness (QED) is 0.705. The van der Waals surface area contributed by atoms with Crippen molar-refractivity contribution in [3.8, 4) is 0 Å². The lowest BCUT2D eigenvalue weighted by atomic mass is 9.99. The number of nitrogens with one attached hydrogen (secondary N) is 2. The molecule has 1 saturated heterocycles. The second kappa shape index (κ2) is 7.77. The maximum atomic E-state index is 15.2. The zero-order valence-electron chi connectivity index (χ0n) is 17.9. The molecule has 164 valence electrons. The highest BCUT2D eigenvalue weighted by Crippen LogP contribution is 2.37. The van der Waals surface area contributed by atoms with E-state index in [1.54, 1.807) is 32.6 Å². The van der Waals surface area contributed by atoms with Crippen molar-refractivity contribution in [3.63, 3.8) is 0 Å². The first-order valence-corrected chi connectivity index (χ1v) is 9.87. The third kappa shape index (κ3) is 4.34. The molecule has 9 heteroatoms. The number of ether oxygens (including phenoxy) is 1. The summed E-state index contributed by atoms with van der Waals surface area (Å²) in [5, 5.41) is 3.17. The number of piperidine rings is 1. The van der Waals surface area contributed by atoms with Crippen LogP contribution in [0.15, 0.2) is 6.07 Å². The number of aryl methyl sites for hydroxylation is 2. The first-order chi connectivity index (χ1) is 13.9. The molecule has 0 spiro atoms. The van der Waals surface area contributed by atoms with Gasteiger partial charge < -0.3 is 25.7 Å². The molecule has 1 aliphatic heterocycles. The van der Waals surface area contributed by atoms with Crippen molar-refractivity contribution in [1.82, 2.24) is 10.3 Å². The monoisotopic (exact) mass is 422 g/mol. The zero-order valence-corrected chi connectivity index (χ0v) is 17.9. The number of carbonyl (C=O) groups excluding carboxylic acids is 2. The summed E-state index contributed by atoms with van der Waals surface area (Å²) >= 11 is 0. The fourth-order valence-corrected chi connectivity index (χ4v) is 3.91. The fraction of sp³-hybridized carbons (Fsp3) is 0.524. The Morgan fingerprint density at radius 3 is 2.57 bits per heavy atom. The number of alkyl halides is 1. The molecule has 2 aromatic rings. The van der Waals surface area contributed by atoms with E-state index in [0.717, 1.165) is 17.3 Å². The summed E-state index contributed by atoms with van der Waals surface area (Å²) < 4.78 is 35.0. The maximum absolute atomic E-state index is 15.2. The summed E-state index contributed by atoms with van der Waals surface area (Å²) in [5.41, 5.74) is 6.91. The Morgan fingerprint density at radius 1 is 1.30 bits per heavy atom. The van der Waals surface area contributed by atoms with E-state index in [4.69, 9.17) is 10.5 Å². The van der Waals surface area contributed by atoms with Gasteiger partial charge >= 0.3 is 6.09 Å². The Balaban J connectivity index is 1.98. The predicted molar refractivity (Wildman–Crippen MR) is 111 cm³/mol. The molecule has 0 radical (unpaired) electrons. The van der Waals surface area contributed by atoms with Crippen LogP contribution < -0.4 is 16.0 Å². The number of benzene rings is 1. The van der Waals surface area contributed by atoms with Crippen LogP contribution in [0.3, 0.4) is 0 Å². The lowest BCUT2D eigenvalue weighted by Gasteiger charge is -2.37. The molecule has 1 unspecified atom stereocenters. The van der Waals surface area contributed by atoms with E-state index in [0.29, 0.717) is 10.9 Å². The van der Waals surface area contributed by atoms with Crippen molar-refractivity contribution < 1.29 is 23.1 Å². The Morgan fingerprint density at radius 2 is 1.97 bits per heavy atom. The Hall–Kier alpha value is -2.84. The summed E-state index contributed by atoms with van der Waals surface area (Å²) in [6.45, 7) is 8.99. The first-order valence-electron chi connectivity index (χ1n) is 9.87. The predicted octanol–water partition coefficient (Wildman–Crippen LogP) is 3.46. The normalized spacial score (nSPS) is 19.8. The number of primary amides is 1. The number of fused-ring (bicyclic) bond motifs is 1. The number of aromatic nitrogens is 1. The molecule has 1 fully saturated rings. The number of rotatable bonds is 3. The third-order valence-electron chi connectivity index (χ3n) is 5.21. The molecule has 0 bridgehead atoms. The summed E-state index contributed by atoms with van der Waals surface area (Å²) in [6.07, 6.45) is -1.82. The first kappa shape index (κ1) is 21.9. The van der Waals surface area contributed by atoms with Crippen LogP contribution in [0.4, 0.5) is 19.3 Å². The van der Waals surface area contributed by atoms with Crippen molar-refractivity contribution in [2.24, 2.45) is 5.73 Å². The van der Waals surface area contributed by atoms with Crippen LogP contribution in [0.2, 0.25) is 0 Å². The number of amides is 2. The van der Waals surface area contributed by atoms with E-state index in [2.05, 4.69) is 10.3 Å². The van der Waals surface area contributed by atoms with Gasteiger partial charge in [0.1, 0.15) is 17.6 Å². The molecular weight excluding hydrogens is 394 g/mol. The number of hydrogen-bond donors (Lipinski definition) is 3. The van der Waals surface area contributed by atoms with Crippen molar-refractivity contribution in [1.29, 1.82) is 0 Å². The molecule has 0 saturated carbocycles. The standard InChI is InChI=1S/C21H28F2N4O3/c1-10-11(2)25-17-14(19(24)28)7-15(23)18(16(10)17)27-8-12(22)6-13(9-27)26-20(29)30-21(3,4)5/h7,12-13,25H,6,8-9H2,1-5H3,(H2,24,28)(H,26,29)/t12-,13?/m0/s1. The molecule has 2 atom stereocenters. The molecule has 1 aromatic carbocycles. The van der Waals surface area contributed by atoms with Gasteiger partial charge in [-0.3, -0.25) is 4.79 Å². The largest absolute Gasteiger partial charge is 0.444 e. The summed E-state index contributed by atoms with van der Waals surface area (Å²) in [4.78, 5) is 28.6. The van der Waals surface area contributed by atoms with Crippen molar-refractivity contribution in [3.05, 3.63) is 28.7 Å². The van der Waals surface area contributed by atoms with Gasteiger partial charge in [0.25, 0.3) is 5.91 Å². The molecule has 3 rings (SSSR count). The molecule has 1 aliphatic rings. The summed E-state index contributed by atoms with van der Waals surface area (Å²) in [6, 6.07) is 0.516. The van der Waals surface area contributed by atoms with Gasteiger partial charge in [-0.15, -0.1) is 0 Å². The topological polar surface area (TPSA) is 100 Å². The van der Waals surface area contributed by atoms with Crippen LogP contribution in [-0.2, 0) is 4.74 Å². The smallest absolute Gasteiger partial charge is 0.407 e. The van der Waals surface area contributed by atoms with Crippen molar-refractivity contribution in [2.75, 3.05) is 18.0 Å². The number of carbonyl (C=O) groups is 2. The minimum atomic E-state index is -1.27. The van der Waals surface area contributed by atoms with Gasteiger partial charge in [-0.2, -0.15) is 0 Å². The average Bonchev–Trinajstić information content (AvgIpc) is 2.87. The molecule has 2 heterocycles. The Bertz CT molecular complexity index is 997. The second-order valence-electron chi connectivity index (χ2n) is 8.82. The van der Waals surface area contributed by atoms with Crippen molar-refractivity contribution >= 4 is 28.6 Å². The lowest BCUT2D eigenvalue weighted by Crippen LogP contribution is -2.52. The molecule has 1 aromatic heterocycles. The highest BCUT2D eigenvalue weighted by molar-refractivity contribution is 6.10. The van der Waals surface area contributed by atoms with Crippen LogP contribution in [0, 0.1) is 19.7 Å². The van der Waals surface area contributed by atoms with Crippen molar-refractivity contribution in [2.45, 2.75) is 58.9 Å². The lowest BCUT2D eigenvalue weighted by molar-refractivity contribution is 0.0490. The Labute approximate surface area is 173 Å². The molecule has 7 nitrogen and oxygen atoms in total. The molecule has 2 amide bonds. The molecular formula is C21H28F2N4O3.